The molecule has 1 fully saturated rings. The lowest BCUT2D eigenvalue weighted by Crippen LogP contribution is -2.42. The third-order valence-corrected chi connectivity index (χ3v) is 4.04. The van der Waals surface area contributed by atoms with Crippen LogP contribution in [0, 0.1) is 17.8 Å². The van der Waals surface area contributed by atoms with Crippen LogP contribution in [0.1, 0.15) is 33.1 Å². The molecule has 20 heavy (non-hydrogen) atoms. The number of carbonyl (C=O) groups excluding carboxylic acids is 1. The number of aliphatic hydroxyl groups excluding tert-OH is 1. The van der Waals surface area contributed by atoms with Gasteiger partial charge in [-0.1, -0.05) is 13.8 Å². The summed E-state index contributed by atoms with van der Waals surface area (Å²) in [7, 11) is 0. The molecule has 0 saturated heterocycles. The van der Waals surface area contributed by atoms with Crippen LogP contribution in [0.4, 0.5) is 13.2 Å². The third kappa shape index (κ3) is 5.79. The number of carbonyl (C=O) groups is 1. The van der Waals surface area contributed by atoms with Crippen LogP contribution in [0.5, 0.6) is 0 Å². The molecule has 1 rings (SSSR count). The Balaban J connectivity index is 2.63. The van der Waals surface area contributed by atoms with Crippen LogP contribution in [0.3, 0.4) is 0 Å². The molecule has 1 aliphatic carbocycles. The van der Waals surface area contributed by atoms with Crippen molar-refractivity contribution in [1.29, 1.82) is 0 Å². The van der Waals surface area contributed by atoms with Gasteiger partial charge in [0.1, 0.15) is 5.78 Å². The fourth-order valence-corrected chi connectivity index (χ4v) is 2.87. The van der Waals surface area contributed by atoms with Gasteiger partial charge in [-0.2, -0.15) is 13.2 Å². The van der Waals surface area contributed by atoms with E-state index in [0.29, 0.717) is 24.7 Å². The zero-order valence-electron chi connectivity index (χ0n) is 12.1. The minimum absolute atomic E-state index is 0.0460. The molecule has 1 N–H and O–H groups in total. The summed E-state index contributed by atoms with van der Waals surface area (Å²) >= 11 is 0. The summed E-state index contributed by atoms with van der Waals surface area (Å²) in [5.74, 6) is 0.580. The predicted octanol–water partition coefficient (Wildman–Crippen LogP) is 2.48. The van der Waals surface area contributed by atoms with Crippen molar-refractivity contribution in [3.8, 4) is 0 Å². The highest BCUT2D eigenvalue weighted by molar-refractivity contribution is 5.82. The Bertz CT molecular complexity index is 318. The van der Waals surface area contributed by atoms with Gasteiger partial charge < -0.3 is 5.11 Å². The van der Waals surface area contributed by atoms with E-state index in [-0.39, 0.29) is 31.4 Å². The van der Waals surface area contributed by atoms with Gasteiger partial charge in [0.25, 0.3) is 0 Å². The minimum Gasteiger partial charge on any atom is -0.395 e. The molecule has 0 spiro atoms. The number of alkyl halides is 3. The largest absolute Gasteiger partial charge is 0.401 e. The molecule has 6 heteroatoms. The third-order valence-electron chi connectivity index (χ3n) is 4.04. The van der Waals surface area contributed by atoms with E-state index >= 15 is 0 Å². The van der Waals surface area contributed by atoms with Gasteiger partial charge in [0.05, 0.1) is 13.2 Å². The molecule has 0 aliphatic heterocycles. The number of halogens is 3. The Hall–Kier alpha value is -0.620. The molecule has 0 aromatic heterocycles. The van der Waals surface area contributed by atoms with E-state index in [1.165, 1.54) is 0 Å². The summed E-state index contributed by atoms with van der Waals surface area (Å²) in [6.45, 7) is 2.82. The lowest BCUT2D eigenvalue weighted by Gasteiger charge is -2.34. The van der Waals surface area contributed by atoms with Crippen LogP contribution in [-0.4, -0.2) is 48.2 Å². The van der Waals surface area contributed by atoms with Crippen LogP contribution in [-0.2, 0) is 4.79 Å². The van der Waals surface area contributed by atoms with Crippen molar-refractivity contribution in [2.24, 2.45) is 17.8 Å². The highest BCUT2D eigenvalue weighted by Crippen LogP contribution is 2.32. The fourth-order valence-electron chi connectivity index (χ4n) is 2.87. The van der Waals surface area contributed by atoms with E-state index in [0.717, 1.165) is 11.3 Å². The van der Waals surface area contributed by atoms with Crippen molar-refractivity contribution < 1.29 is 23.1 Å². The maximum Gasteiger partial charge on any atom is 0.401 e. The Morgan fingerprint density at radius 3 is 2.55 bits per heavy atom. The van der Waals surface area contributed by atoms with E-state index in [1.807, 2.05) is 0 Å². The molecule has 118 valence electrons. The smallest absolute Gasteiger partial charge is 0.395 e. The second-order valence-corrected chi connectivity index (χ2v) is 6.02. The number of rotatable bonds is 6. The van der Waals surface area contributed by atoms with E-state index in [4.69, 9.17) is 5.11 Å². The molecular weight excluding hydrogens is 271 g/mol. The average Bonchev–Trinajstić information content (AvgIpc) is 2.29. The van der Waals surface area contributed by atoms with Gasteiger partial charge >= 0.3 is 6.18 Å². The summed E-state index contributed by atoms with van der Waals surface area (Å²) in [6.07, 6.45) is -2.33. The maximum atomic E-state index is 12.5. The number of hydrogen-bond donors (Lipinski definition) is 1. The fraction of sp³-hybridized carbons (Fsp3) is 0.929. The molecule has 0 bridgehead atoms. The van der Waals surface area contributed by atoms with Gasteiger partial charge in [-0.25, -0.2) is 0 Å². The van der Waals surface area contributed by atoms with Crippen LogP contribution >= 0.6 is 0 Å². The molecule has 1 aliphatic rings. The first kappa shape index (κ1) is 17.4. The molecule has 0 amide bonds. The van der Waals surface area contributed by atoms with E-state index < -0.39 is 12.7 Å². The van der Waals surface area contributed by atoms with Crippen LogP contribution < -0.4 is 0 Å². The first-order chi connectivity index (χ1) is 9.23. The Kier molecular flexibility index (Phi) is 6.45. The topological polar surface area (TPSA) is 40.5 Å². The Morgan fingerprint density at radius 2 is 2.05 bits per heavy atom. The van der Waals surface area contributed by atoms with Crippen molar-refractivity contribution >= 4 is 5.78 Å². The second kappa shape index (κ2) is 7.41. The maximum absolute atomic E-state index is 12.5. The quantitative estimate of drug-likeness (QED) is 0.818. The number of ketones is 1. The molecule has 0 aromatic carbocycles. The monoisotopic (exact) mass is 295 g/mol. The molecule has 2 atom stereocenters. The molecule has 0 radical (unpaired) electrons. The van der Waals surface area contributed by atoms with Gasteiger partial charge in [0.2, 0.25) is 0 Å². The van der Waals surface area contributed by atoms with E-state index in [9.17, 15) is 18.0 Å². The minimum atomic E-state index is -4.30. The zero-order chi connectivity index (χ0) is 15.3. The number of nitrogens with zero attached hydrogens (tertiary/aromatic N) is 1. The molecule has 0 heterocycles. The molecular formula is C14H24F3NO2. The van der Waals surface area contributed by atoms with Crippen LogP contribution in [0.2, 0.25) is 0 Å². The average molecular weight is 295 g/mol. The van der Waals surface area contributed by atoms with Gasteiger partial charge in [-0.05, 0) is 24.7 Å². The standard InChI is InChI=1S/C14H24F3NO2/c1-10(2)11-3-4-13(20)12(7-11)8-18(5-6-19)9-14(15,16)17/h10-12,19H,3-9H2,1-2H3. The number of aliphatic hydroxyl groups is 1. The van der Waals surface area contributed by atoms with Crippen molar-refractivity contribution in [1.82, 2.24) is 4.90 Å². The summed E-state index contributed by atoms with van der Waals surface area (Å²) in [5.41, 5.74) is 0. The molecule has 2 unspecified atom stereocenters. The lowest BCUT2D eigenvalue weighted by molar-refractivity contribution is -0.150. The number of hydrogen-bond acceptors (Lipinski definition) is 3. The van der Waals surface area contributed by atoms with Crippen molar-refractivity contribution in [3.05, 3.63) is 0 Å². The van der Waals surface area contributed by atoms with Gasteiger partial charge in [-0.15, -0.1) is 0 Å². The summed E-state index contributed by atoms with van der Waals surface area (Å²) in [4.78, 5) is 13.0. The van der Waals surface area contributed by atoms with Crippen molar-refractivity contribution in [2.75, 3.05) is 26.2 Å². The van der Waals surface area contributed by atoms with Crippen LogP contribution in [0.25, 0.3) is 0 Å². The molecule has 3 nitrogen and oxygen atoms in total. The molecule has 0 aromatic rings. The Labute approximate surface area is 118 Å². The zero-order valence-corrected chi connectivity index (χ0v) is 12.1. The SMILES string of the molecule is CC(C)C1CCC(=O)C(CN(CCO)CC(F)(F)F)C1. The van der Waals surface area contributed by atoms with Crippen molar-refractivity contribution in [2.45, 2.75) is 39.3 Å². The normalized spacial score (nSPS) is 24.7. The van der Waals surface area contributed by atoms with Crippen LogP contribution in [0.15, 0.2) is 0 Å². The predicted molar refractivity (Wildman–Crippen MR) is 70.3 cm³/mol. The van der Waals surface area contributed by atoms with E-state index in [2.05, 4.69) is 13.8 Å². The van der Waals surface area contributed by atoms with Gasteiger partial charge in [0.15, 0.2) is 0 Å². The first-order valence-corrected chi connectivity index (χ1v) is 7.15. The lowest BCUT2D eigenvalue weighted by atomic mass is 9.75. The number of Topliss-reactive ketones (excluding diaryl/α,β-unsaturated/α-hetero) is 1. The first-order valence-electron chi connectivity index (χ1n) is 7.15. The summed E-state index contributed by atoms with van der Waals surface area (Å²) < 4.78 is 37.4. The highest BCUT2D eigenvalue weighted by Gasteiger charge is 2.35. The Morgan fingerprint density at radius 1 is 1.40 bits per heavy atom. The van der Waals surface area contributed by atoms with E-state index in [1.54, 1.807) is 0 Å². The molecule has 1 saturated carbocycles. The summed E-state index contributed by atoms with van der Waals surface area (Å²) in [6, 6.07) is 0. The van der Waals surface area contributed by atoms with Gasteiger partial charge in [-0.3, -0.25) is 9.69 Å². The van der Waals surface area contributed by atoms with Crippen molar-refractivity contribution in [3.63, 3.8) is 0 Å². The highest BCUT2D eigenvalue weighted by atomic mass is 19.4. The second-order valence-electron chi connectivity index (χ2n) is 6.02. The summed E-state index contributed by atoms with van der Waals surface area (Å²) in [5, 5.41) is 8.88. The van der Waals surface area contributed by atoms with Gasteiger partial charge in [0, 0.05) is 25.4 Å².